The fourth-order valence-corrected chi connectivity index (χ4v) is 4.05. The molecule has 0 unspecified atom stereocenters. The summed E-state index contributed by atoms with van der Waals surface area (Å²) in [5.41, 5.74) is 5.67. The quantitative estimate of drug-likeness (QED) is 0.162. The number of halogens is 2. The molecule has 0 bridgehead atoms. The van der Waals surface area contributed by atoms with Gasteiger partial charge in [-0.05, 0) is 28.5 Å². The van der Waals surface area contributed by atoms with Gasteiger partial charge in [-0.1, -0.05) is 53.9 Å². The Kier molecular flexibility index (Phi) is 11.1. The Morgan fingerprint density at radius 1 is 0.710 bits per heavy atom. The van der Waals surface area contributed by atoms with Crippen LogP contribution in [0.1, 0.15) is 11.1 Å². The van der Waals surface area contributed by atoms with Crippen LogP contribution in [0.2, 0.25) is 0 Å². The first-order valence-corrected chi connectivity index (χ1v) is 9.52. The van der Waals surface area contributed by atoms with E-state index in [1.54, 1.807) is 0 Å². The van der Waals surface area contributed by atoms with Crippen LogP contribution in [0.25, 0.3) is 32.7 Å². The van der Waals surface area contributed by atoms with Gasteiger partial charge in [0, 0.05) is 0 Å². The van der Waals surface area contributed by atoms with Gasteiger partial charge in [-0.2, -0.15) is 18.2 Å². The Hall–Kier alpha value is -2.05. The van der Waals surface area contributed by atoms with Crippen molar-refractivity contribution < 1.29 is 51.0 Å². The molecular weight excluding hydrogens is 498 g/mol. The number of fused-ring (bicyclic) bond motifs is 8. The van der Waals surface area contributed by atoms with Gasteiger partial charge in [0.2, 0.25) is 0 Å². The van der Waals surface area contributed by atoms with Gasteiger partial charge in [0.15, 0.2) is 0 Å². The molecule has 0 spiro atoms. The van der Waals surface area contributed by atoms with Crippen molar-refractivity contribution in [3.05, 3.63) is 127 Å². The smallest absolute Gasteiger partial charge is 1.00 e. The Bertz CT molecular complexity index is 1210. The molecule has 0 saturated heterocycles. The van der Waals surface area contributed by atoms with Crippen LogP contribution in [-0.4, -0.2) is 0 Å². The van der Waals surface area contributed by atoms with Gasteiger partial charge in [-0.3, -0.25) is 0 Å². The van der Waals surface area contributed by atoms with E-state index in [1.807, 2.05) is 36.4 Å². The Morgan fingerprint density at radius 3 is 2.00 bits per heavy atom. The van der Waals surface area contributed by atoms with Crippen LogP contribution < -0.4 is 24.8 Å². The molecule has 152 valence electrons. The van der Waals surface area contributed by atoms with Gasteiger partial charge in [-0.15, -0.1) is 53.8 Å². The van der Waals surface area contributed by atoms with E-state index < -0.39 is 0 Å². The average molecular weight is 521 g/mol. The summed E-state index contributed by atoms with van der Waals surface area (Å²) in [6.07, 6.45) is 1.02. The standard InChI is InChI=1S/C21H13.C5H5.C2H4.2ClH.Zr/c1-2-8-15-14(7-1)13-20-18-11-4-3-9-16(18)17-10-5-6-12-19(17)21(15)20;1-2-4-5-3-1;1-2;;;/h1-10,12H,13H2;1-5H;1-2H2;2*1H;/q2*-1;;;;+4/p-2. The van der Waals surface area contributed by atoms with E-state index in [-0.39, 0.29) is 51.0 Å². The fourth-order valence-electron chi connectivity index (χ4n) is 4.05. The van der Waals surface area contributed by atoms with Crippen LogP contribution in [0.5, 0.6) is 0 Å². The third kappa shape index (κ3) is 5.24. The molecule has 31 heavy (non-hydrogen) atoms. The third-order valence-corrected chi connectivity index (χ3v) is 5.16. The van der Waals surface area contributed by atoms with Crippen LogP contribution >= 0.6 is 0 Å². The summed E-state index contributed by atoms with van der Waals surface area (Å²) in [7, 11) is 0. The fraction of sp³-hybridized carbons (Fsp3) is 0.0357. The van der Waals surface area contributed by atoms with Crippen LogP contribution in [0.4, 0.5) is 0 Å². The maximum absolute atomic E-state index is 3.48. The molecule has 0 amide bonds. The van der Waals surface area contributed by atoms with Gasteiger partial charge in [0.05, 0.1) is 0 Å². The van der Waals surface area contributed by atoms with E-state index in [1.165, 1.54) is 43.8 Å². The van der Waals surface area contributed by atoms with E-state index in [0.717, 1.165) is 6.42 Å². The second-order valence-corrected chi connectivity index (χ2v) is 6.65. The molecule has 0 atom stereocenters. The molecule has 0 fully saturated rings. The predicted octanol–water partition coefficient (Wildman–Crippen LogP) is 1.58. The number of hydrogen-bond donors (Lipinski definition) is 0. The number of rotatable bonds is 0. The molecule has 0 saturated carbocycles. The second-order valence-electron chi connectivity index (χ2n) is 6.65. The van der Waals surface area contributed by atoms with Crippen LogP contribution in [-0.2, 0) is 32.6 Å². The van der Waals surface area contributed by atoms with E-state index in [2.05, 4.69) is 79.9 Å². The topological polar surface area (TPSA) is 0 Å². The van der Waals surface area contributed by atoms with E-state index >= 15 is 0 Å². The Balaban J connectivity index is 0.000000423. The van der Waals surface area contributed by atoms with Crippen LogP contribution in [0.3, 0.4) is 0 Å². The molecule has 3 heteroatoms. The monoisotopic (exact) mass is 518 g/mol. The molecule has 5 aromatic carbocycles. The summed E-state index contributed by atoms with van der Waals surface area (Å²) < 4.78 is 0. The molecule has 0 aliphatic heterocycles. The summed E-state index contributed by atoms with van der Waals surface area (Å²) >= 11 is 0. The van der Waals surface area contributed by atoms with Crippen molar-refractivity contribution in [2.24, 2.45) is 0 Å². The summed E-state index contributed by atoms with van der Waals surface area (Å²) in [5.74, 6) is 0. The molecule has 1 aliphatic rings. The molecule has 1 aliphatic carbocycles. The summed E-state index contributed by atoms with van der Waals surface area (Å²) in [4.78, 5) is 0. The summed E-state index contributed by atoms with van der Waals surface area (Å²) in [6, 6.07) is 37.3. The zero-order valence-electron chi connectivity index (χ0n) is 17.1. The van der Waals surface area contributed by atoms with Gasteiger partial charge in [0.1, 0.15) is 0 Å². The molecule has 0 N–H and O–H groups in total. The molecule has 6 rings (SSSR count). The number of hydrogen-bond acceptors (Lipinski definition) is 0. The average Bonchev–Trinajstić information content (AvgIpc) is 3.47. The van der Waals surface area contributed by atoms with Crippen LogP contribution in [0, 0.1) is 6.07 Å². The second kappa shape index (κ2) is 12.7. The zero-order chi connectivity index (χ0) is 19.3. The third-order valence-electron chi connectivity index (χ3n) is 5.16. The molecule has 5 aromatic rings. The molecule has 0 radical (unpaired) electrons. The van der Waals surface area contributed by atoms with E-state index in [0.29, 0.717) is 0 Å². The minimum Gasteiger partial charge on any atom is -1.00 e. The minimum absolute atomic E-state index is 0. The predicted molar refractivity (Wildman–Crippen MR) is 122 cm³/mol. The molecule has 0 aromatic heterocycles. The van der Waals surface area contributed by atoms with Crippen molar-refractivity contribution in [3.63, 3.8) is 0 Å². The summed E-state index contributed by atoms with van der Waals surface area (Å²) in [6.45, 7) is 6.00. The van der Waals surface area contributed by atoms with Gasteiger partial charge in [-0.25, -0.2) is 12.1 Å². The summed E-state index contributed by atoms with van der Waals surface area (Å²) in [5, 5.41) is 5.30. The van der Waals surface area contributed by atoms with Crippen molar-refractivity contribution in [2.45, 2.75) is 6.42 Å². The van der Waals surface area contributed by atoms with Gasteiger partial charge < -0.3 is 24.8 Å². The zero-order valence-corrected chi connectivity index (χ0v) is 21.1. The number of benzene rings is 4. The minimum atomic E-state index is 0. The maximum atomic E-state index is 3.48. The first kappa shape index (κ1) is 27.0. The van der Waals surface area contributed by atoms with E-state index in [4.69, 9.17) is 0 Å². The van der Waals surface area contributed by atoms with Crippen molar-refractivity contribution in [3.8, 4) is 11.1 Å². The molecule has 0 heterocycles. The van der Waals surface area contributed by atoms with Crippen LogP contribution in [0.15, 0.2) is 110 Å². The molecular formula is C28H22Cl2Zr. The Labute approximate surface area is 216 Å². The molecule has 0 nitrogen and oxygen atoms in total. The van der Waals surface area contributed by atoms with Gasteiger partial charge >= 0.3 is 26.2 Å². The normalized spacial score (nSPS) is 9.94. The first-order chi connectivity index (χ1) is 13.9. The van der Waals surface area contributed by atoms with Crippen molar-refractivity contribution in [1.29, 1.82) is 0 Å². The largest absolute Gasteiger partial charge is 4.00 e. The van der Waals surface area contributed by atoms with Crippen molar-refractivity contribution in [2.75, 3.05) is 0 Å². The van der Waals surface area contributed by atoms with Crippen molar-refractivity contribution in [1.82, 2.24) is 0 Å². The van der Waals surface area contributed by atoms with E-state index in [9.17, 15) is 0 Å². The maximum Gasteiger partial charge on any atom is 4.00 e. The first-order valence-electron chi connectivity index (χ1n) is 9.52. The SMILES string of the molecule is C=C.[Cl-].[Cl-].[Zr+4].[c-]1cccc2c1c1c(c3ccccc32)-c2ccccc2C1.c1cc[cH-]c1. The van der Waals surface area contributed by atoms with Gasteiger partial charge in [0.25, 0.3) is 0 Å². The Morgan fingerprint density at radius 2 is 1.32 bits per heavy atom. The van der Waals surface area contributed by atoms with Crippen molar-refractivity contribution >= 4 is 21.5 Å².